The Morgan fingerprint density at radius 1 is 1.42 bits per heavy atom. The van der Waals surface area contributed by atoms with Gasteiger partial charge in [-0.05, 0) is 48.0 Å². The van der Waals surface area contributed by atoms with Gasteiger partial charge >= 0.3 is 0 Å². The van der Waals surface area contributed by atoms with Gasteiger partial charge in [0.15, 0.2) is 0 Å². The molecule has 5 nitrogen and oxygen atoms in total. The largest absolute Gasteiger partial charge is 0.398 e. The van der Waals surface area contributed by atoms with E-state index in [0.29, 0.717) is 10.2 Å². The van der Waals surface area contributed by atoms with Gasteiger partial charge < -0.3 is 10.8 Å². The fourth-order valence-electron chi connectivity index (χ4n) is 1.63. The van der Waals surface area contributed by atoms with E-state index in [1.54, 1.807) is 26.8 Å². The van der Waals surface area contributed by atoms with Crippen LogP contribution in [-0.2, 0) is 10.0 Å². The van der Waals surface area contributed by atoms with Crippen molar-refractivity contribution in [3.63, 3.8) is 0 Å². The van der Waals surface area contributed by atoms with Crippen molar-refractivity contribution in [3.05, 3.63) is 22.7 Å². The molecule has 0 fully saturated rings. The molecule has 19 heavy (non-hydrogen) atoms. The van der Waals surface area contributed by atoms with Gasteiger partial charge in [0.2, 0.25) is 10.0 Å². The first-order valence-corrected chi connectivity index (χ1v) is 8.09. The van der Waals surface area contributed by atoms with E-state index < -0.39 is 15.6 Å². The summed E-state index contributed by atoms with van der Waals surface area (Å²) in [5.41, 5.74) is 4.98. The molecule has 0 saturated heterocycles. The second kappa shape index (κ2) is 5.78. The topological polar surface area (TPSA) is 83.6 Å². The summed E-state index contributed by atoms with van der Waals surface area (Å²) in [7, 11) is -3.65. The highest BCUT2D eigenvalue weighted by atomic mass is 79.9. The number of nitrogen functional groups attached to an aromatic ring is 1. The number of hydrogen-bond donors (Lipinski definition) is 2. The number of halogens is 1. The second-order valence-electron chi connectivity index (χ2n) is 4.93. The standard InChI is InChI=1S/C12H19BrN2O3S/c1-4-15(8-12(2,3)16)19(17,18)9-5-6-10(13)11(14)7-9/h5-7,16H,4,8,14H2,1-3H3. The van der Waals surface area contributed by atoms with Gasteiger partial charge in [-0.3, -0.25) is 0 Å². The first-order chi connectivity index (χ1) is 8.58. The van der Waals surface area contributed by atoms with E-state index in [1.165, 1.54) is 16.4 Å². The Kier molecular flexibility index (Phi) is 5.00. The van der Waals surface area contributed by atoms with Crippen molar-refractivity contribution in [1.82, 2.24) is 4.31 Å². The van der Waals surface area contributed by atoms with Gasteiger partial charge in [0.05, 0.1) is 10.5 Å². The van der Waals surface area contributed by atoms with Crippen LogP contribution in [-0.4, -0.2) is 36.5 Å². The molecule has 7 heteroatoms. The quantitative estimate of drug-likeness (QED) is 0.793. The molecule has 1 rings (SSSR count). The van der Waals surface area contributed by atoms with Gasteiger partial charge in [0, 0.05) is 23.2 Å². The third-order valence-corrected chi connectivity index (χ3v) is 5.16. The monoisotopic (exact) mass is 350 g/mol. The molecule has 0 aliphatic carbocycles. The zero-order valence-electron chi connectivity index (χ0n) is 11.2. The minimum absolute atomic E-state index is 0.0296. The molecule has 0 aliphatic rings. The molecule has 0 aliphatic heterocycles. The first-order valence-electron chi connectivity index (χ1n) is 5.85. The van der Waals surface area contributed by atoms with Crippen LogP contribution >= 0.6 is 15.9 Å². The minimum Gasteiger partial charge on any atom is -0.398 e. The molecule has 0 saturated carbocycles. The Hall–Kier alpha value is -0.630. The van der Waals surface area contributed by atoms with Crippen molar-refractivity contribution in [1.29, 1.82) is 0 Å². The van der Waals surface area contributed by atoms with Crippen LogP contribution < -0.4 is 5.73 Å². The Balaban J connectivity index is 3.17. The molecule has 0 unspecified atom stereocenters. The maximum absolute atomic E-state index is 12.4. The highest BCUT2D eigenvalue weighted by Gasteiger charge is 2.28. The summed E-state index contributed by atoms with van der Waals surface area (Å²) >= 11 is 3.23. The molecule has 0 bridgehead atoms. The van der Waals surface area contributed by atoms with E-state index in [2.05, 4.69) is 15.9 Å². The number of hydrogen-bond acceptors (Lipinski definition) is 4. The van der Waals surface area contributed by atoms with Crippen LogP contribution in [0, 0.1) is 0 Å². The van der Waals surface area contributed by atoms with Crippen molar-refractivity contribution < 1.29 is 13.5 Å². The van der Waals surface area contributed by atoms with Gasteiger partial charge in [-0.2, -0.15) is 4.31 Å². The van der Waals surface area contributed by atoms with Crippen LogP contribution in [0.15, 0.2) is 27.6 Å². The molecule has 0 radical (unpaired) electrons. The number of likely N-dealkylation sites (N-methyl/N-ethyl adjacent to an activating group) is 1. The molecule has 0 heterocycles. The fourth-order valence-corrected chi connectivity index (χ4v) is 3.52. The number of nitrogens with two attached hydrogens (primary N) is 1. The lowest BCUT2D eigenvalue weighted by molar-refractivity contribution is 0.0601. The van der Waals surface area contributed by atoms with Crippen LogP contribution in [0.25, 0.3) is 0 Å². The van der Waals surface area contributed by atoms with E-state index in [-0.39, 0.29) is 18.0 Å². The molecule has 0 atom stereocenters. The van der Waals surface area contributed by atoms with E-state index in [1.807, 2.05) is 0 Å². The number of aliphatic hydroxyl groups is 1. The average Bonchev–Trinajstić information content (AvgIpc) is 2.28. The molecule has 0 aromatic heterocycles. The van der Waals surface area contributed by atoms with Gasteiger partial charge in [-0.15, -0.1) is 0 Å². The van der Waals surface area contributed by atoms with Crippen molar-refractivity contribution in [2.45, 2.75) is 31.3 Å². The maximum Gasteiger partial charge on any atom is 0.243 e. The molecule has 0 spiro atoms. The molecule has 1 aromatic carbocycles. The van der Waals surface area contributed by atoms with Crippen molar-refractivity contribution in [2.24, 2.45) is 0 Å². The Labute approximate surface area is 122 Å². The first kappa shape index (κ1) is 16.4. The summed E-state index contributed by atoms with van der Waals surface area (Å²) in [4.78, 5) is 0.124. The summed E-state index contributed by atoms with van der Waals surface area (Å²) in [6.07, 6.45) is 0. The van der Waals surface area contributed by atoms with Gasteiger partial charge in [-0.25, -0.2) is 8.42 Å². The number of anilines is 1. The van der Waals surface area contributed by atoms with E-state index in [0.717, 1.165) is 0 Å². The smallest absolute Gasteiger partial charge is 0.243 e. The zero-order chi connectivity index (χ0) is 14.8. The fraction of sp³-hybridized carbons (Fsp3) is 0.500. The Bertz CT molecular complexity index is 553. The van der Waals surface area contributed by atoms with Crippen LogP contribution in [0.5, 0.6) is 0 Å². The normalized spacial score (nSPS) is 12.9. The van der Waals surface area contributed by atoms with Crippen LogP contribution in [0.1, 0.15) is 20.8 Å². The summed E-state index contributed by atoms with van der Waals surface area (Å²) in [6.45, 7) is 5.18. The molecular formula is C12H19BrN2O3S. The molecular weight excluding hydrogens is 332 g/mol. The highest BCUT2D eigenvalue weighted by molar-refractivity contribution is 9.10. The minimum atomic E-state index is -3.65. The van der Waals surface area contributed by atoms with Crippen LogP contribution in [0.4, 0.5) is 5.69 Å². The Morgan fingerprint density at radius 2 is 2.00 bits per heavy atom. The third-order valence-electron chi connectivity index (χ3n) is 2.52. The number of rotatable bonds is 5. The van der Waals surface area contributed by atoms with E-state index in [4.69, 9.17) is 5.73 Å². The average molecular weight is 351 g/mol. The van der Waals surface area contributed by atoms with Gasteiger partial charge in [-0.1, -0.05) is 6.92 Å². The van der Waals surface area contributed by atoms with Crippen molar-refractivity contribution in [2.75, 3.05) is 18.8 Å². The predicted molar refractivity (Wildman–Crippen MR) is 79.3 cm³/mol. The SMILES string of the molecule is CCN(CC(C)(C)O)S(=O)(=O)c1ccc(Br)c(N)c1. The second-order valence-corrected chi connectivity index (χ2v) is 7.72. The molecule has 1 aromatic rings. The van der Waals surface area contributed by atoms with E-state index >= 15 is 0 Å². The van der Waals surface area contributed by atoms with Crippen molar-refractivity contribution >= 4 is 31.6 Å². The lowest BCUT2D eigenvalue weighted by Gasteiger charge is -2.27. The number of nitrogens with zero attached hydrogens (tertiary/aromatic N) is 1. The third kappa shape index (κ3) is 4.17. The van der Waals surface area contributed by atoms with Crippen molar-refractivity contribution in [3.8, 4) is 0 Å². The summed E-state index contributed by atoms with van der Waals surface area (Å²) in [5, 5.41) is 9.79. The zero-order valence-corrected chi connectivity index (χ0v) is 13.6. The molecule has 108 valence electrons. The lowest BCUT2D eigenvalue weighted by Crippen LogP contribution is -2.42. The van der Waals surface area contributed by atoms with Crippen LogP contribution in [0.2, 0.25) is 0 Å². The molecule has 3 N–H and O–H groups in total. The summed E-state index contributed by atoms with van der Waals surface area (Å²) in [6, 6.07) is 4.50. The van der Waals surface area contributed by atoms with Gasteiger partial charge in [0.25, 0.3) is 0 Å². The molecule has 0 amide bonds. The number of benzene rings is 1. The van der Waals surface area contributed by atoms with E-state index in [9.17, 15) is 13.5 Å². The predicted octanol–water partition coefficient (Wildman–Crippen LogP) is 1.81. The number of sulfonamides is 1. The lowest BCUT2D eigenvalue weighted by atomic mass is 10.1. The van der Waals surface area contributed by atoms with Crippen LogP contribution in [0.3, 0.4) is 0 Å². The summed E-state index contributed by atoms with van der Waals surface area (Å²) < 4.78 is 26.8. The Morgan fingerprint density at radius 3 is 2.42 bits per heavy atom. The van der Waals surface area contributed by atoms with Gasteiger partial charge in [0.1, 0.15) is 0 Å². The maximum atomic E-state index is 12.4. The summed E-state index contributed by atoms with van der Waals surface area (Å²) in [5.74, 6) is 0. The highest BCUT2D eigenvalue weighted by Crippen LogP contribution is 2.25.